The third kappa shape index (κ3) is 9.30. The van der Waals surface area contributed by atoms with Gasteiger partial charge in [-0.1, -0.05) is 42.7 Å². The summed E-state index contributed by atoms with van der Waals surface area (Å²) in [6, 6.07) is 2.42. The lowest BCUT2D eigenvalue weighted by molar-refractivity contribution is -0.141. The first-order chi connectivity index (χ1) is 17.7. The molecule has 0 saturated heterocycles. The largest absolute Gasteiger partial charge is 0.433 e. The van der Waals surface area contributed by atoms with E-state index in [1.807, 2.05) is 13.8 Å². The van der Waals surface area contributed by atoms with Gasteiger partial charge in [0.2, 0.25) is 0 Å². The Balaban J connectivity index is 0.000000306. The number of fused-ring (bicyclic) bond motifs is 3. The Kier molecular flexibility index (Phi) is 12.8. The number of alkyl halides is 7. The number of aryl methyl sites for hydroxylation is 1. The van der Waals surface area contributed by atoms with Gasteiger partial charge >= 0.3 is 6.18 Å². The highest BCUT2D eigenvalue weighted by Crippen LogP contribution is 2.40. The monoisotopic (exact) mass is 586 g/mol. The van der Waals surface area contributed by atoms with Gasteiger partial charge in [-0.3, -0.25) is 4.98 Å². The van der Waals surface area contributed by atoms with Gasteiger partial charge in [-0.05, 0) is 47.5 Å². The Morgan fingerprint density at radius 1 is 1.24 bits per heavy atom. The molecule has 1 atom stereocenters. The number of hydrogen-bond acceptors (Lipinski definition) is 6. The second-order valence-corrected chi connectivity index (χ2v) is 9.33. The van der Waals surface area contributed by atoms with Gasteiger partial charge in [0.25, 0.3) is 12.9 Å². The van der Waals surface area contributed by atoms with E-state index >= 15 is 0 Å². The van der Waals surface area contributed by atoms with Gasteiger partial charge < -0.3 is 10.5 Å². The van der Waals surface area contributed by atoms with E-state index in [-0.39, 0.29) is 11.1 Å². The van der Waals surface area contributed by atoms with Crippen LogP contribution in [-0.2, 0) is 18.0 Å². The van der Waals surface area contributed by atoms with Crippen LogP contribution >= 0.6 is 20.0 Å². The summed E-state index contributed by atoms with van der Waals surface area (Å²) >= 11 is 1.15. The fourth-order valence-corrected chi connectivity index (χ4v) is 3.98. The van der Waals surface area contributed by atoms with Crippen molar-refractivity contribution in [2.75, 3.05) is 4.72 Å². The highest BCUT2D eigenvalue weighted by atomic mass is 32.7. The molecule has 0 fully saturated rings. The van der Waals surface area contributed by atoms with E-state index in [0.717, 1.165) is 47.8 Å². The SMILES string of the molecule is C=C(N)C(F)F.CC.CC1(C)CCc2cnn3cc(C(F)F)nc3c21.FC(F)(F)c1cc(NSP)ccn1. The summed E-state index contributed by atoms with van der Waals surface area (Å²) in [6.45, 7) is 11.0. The highest BCUT2D eigenvalue weighted by molar-refractivity contribution is 8.44. The molecule has 1 aliphatic carbocycles. The Morgan fingerprint density at radius 3 is 2.34 bits per heavy atom. The van der Waals surface area contributed by atoms with Crippen molar-refractivity contribution in [1.82, 2.24) is 19.6 Å². The standard InChI is InChI=1S/C12H13F2N3.C6H6F3N2PS.C3H5F2N.C2H6/c1-12(2)4-3-7-5-15-17-6-8(10(13)14)16-11(17)9(7)12;7-6(8,9)5-3-4(11-13-12)1-2-10-5;1-2(6)3(4)5;1-2/h5-6,10H,3-4H2,1-2H3;1-3H,12H2,(H,10,11);3H,1,6H2;1-2H3. The molecule has 0 amide bonds. The van der Waals surface area contributed by atoms with E-state index in [2.05, 4.69) is 54.4 Å². The van der Waals surface area contributed by atoms with Gasteiger partial charge in [0, 0.05) is 17.4 Å². The zero-order valence-corrected chi connectivity index (χ0v) is 23.1. The fraction of sp³-hybridized carbons (Fsp3) is 0.435. The van der Waals surface area contributed by atoms with Crippen LogP contribution in [0.25, 0.3) is 5.65 Å². The number of hydrogen-bond donors (Lipinski definition) is 2. The molecule has 38 heavy (non-hydrogen) atoms. The third-order valence-electron chi connectivity index (χ3n) is 5.02. The van der Waals surface area contributed by atoms with E-state index in [9.17, 15) is 30.7 Å². The summed E-state index contributed by atoms with van der Waals surface area (Å²) in [7, 11) is 2.28. The van der Waals surface area contributed by atoms with Crippen molar-refractivity contribution in [3.8, 4) is 0 Å². The number of anilines is 1. The van der Waals surface area contributed by atoms with Crippen LogP contribution in [0.4, 0.5) is 36.4 Å². The van der Waals surface area contributed by atoms with Crippen molar-refractivity contribution in [2.24, 2.45) is 5.73 Å². The molecule has 3 heterocycles. The average Bonchev–Trinajstić information content (AvgIpc) is 3.41. The Bertz CT molecular complexity index is 1180. The normalized spacial score (nSPS) is 13.5. The quantitative estimate of drug-likeness (QED) is 0.186. The van der Waals surface area contributed by atoms with Gasteiger partial charge in [-0.25, -0.2) is 27.1 Å². The van der Waals surface area contributed by atoms with Gasteiger partial charge in [-0.15, -0.1) is 0 Å². The summed E-state index contributed by atoms with van der Waals surface area (Å²) in [4.78, 5) is 7.24. The lowest BCUT2D eigenvalue weighted by Crippen LogP contribution is -2.14. The fourth-order valence-electron chi connectivity index (χ4n) is 3.31. The van der Waals surface area contributed by atoms with Crippen LogP contribution in [-0.4, -0.2) is 26.0 Å². The number of nitrogens with two attached hydrogens (primary N) is 1. The molecule has 3 N–H and O–H groups in total. The summed E-state index contributed by atoms with van der Waals surface area (Å²) < 4.78 is 87.6. The topological polar surface area (TPSA) is 81.1 Å². The molecule has 1 aliphatic rings. The first-order valence-corrected chi connectivity index (χ1v) is 13.5. The molecule has 0 aromatic carbocycles. The second-order valence-electron chi connectivity index (χ2n) is 8.19. The molecule has 6 nitrogen and oxygen atoms in total. The van der Waals surface area contributed by atoms with Crippen molar-refractivity contribution in [2.45, 2.75) is 65.0 Å². The van der Waals surface area contributed by atoms with Crippen LogP contribution in [0.1, 0.15) is 63.1 Å². The zero-order valence-electron chi connectivity index (χ0n) is 21.2. The number of nitrogens with zero attached hydrogens (tertiary/aromatic N) is 4. The van der Waals surface area contributed by atoms with Crippen LogP contribution < -0.4 is 10.5 Å². The number of allylic oxidation sites excluding steroid dienone is 1. The van der Waals surface area contributed by atoms with Crippen LogP contribution in [0.5, 0.6) is 0 Å². The van der Waals surface area contributed by atoms with Crippen molar-refractivity contribution in [1.29, 1.82) is 0 Å². The van der Waals surface area contributed by atoms with Crippen molar-refractivity contribution < 1.29 is 30.7 Å². The zero-order chi connectivity index (χ0) is 29.3. The minimum atomic E-state index is -4.39. The first kappa shape index (κ1) is 33.4. The molecular weight excluding hydrogens is 556 g/mol. The van der Waals surface area contributed by atoms with Crippen LogP contribution in [0.3, 0.4) is 0 Å². The molecule has 3 aromatic heterocycles. The smallest absolute Gasteiger partial charge is 0.398 e. The predicted molar refractivity (Wildman–Crippen MR) is 140 cm³/mol. The Labute approximate surface area is 222 Å². The van der Waals surface area contributed by atoms with Crippen LogP contribution in [0.2, 0.25) is 0 Å². The summed E-state index contributed by atoms with van der Waals surface area (Å²) in [5.74, 6) is 0. The number of imidazole rings is 1. The number of halogens is 7. The van der Waals surface area contributed by atoms with E-state index in [0.29, 0.717) is 11.3 Å². The number of nitrogens with one attached hydrogen (secondary N) is 1. The minimum Gasteiger partial charge on any atom is -0.398 e. The summed E-state index contributed by atoms with van der Waals surface area (Å²) in [5.41, 5.74) is 5.98. The van der Waals surface area contributed by atoms with Crippen molar-refractivity contribution >= 4 is 31.3 Å². The molecule has 212 valence electrons. The molecule has 4 rings (SSSR count). The van der Waals surface area contributed by atoms with E-state index in [4.69, 9.17) is 0 Å². The molecular formula is C23H30F7N6PS. The average molecular weight is 587 g/mol. The molecule has 15 heteroatoms. The van der Waals surface area contributed by atoms with E-state index in [1.165, 1.54) is 16.8 Å². The second kappa shape index (κ2) is 14.5. The highest BCUT2D eigenvalue weighted by Gasteiger charge is 2.34. The molecule has 3 aromatic rings. The molecule has 0 spiro atoms. The number of pyridine rings is 1. The van der Waals surface area contributed by atoms with Gasteiger partial charge in [0.05, 0.1) is 18.1 Å². The van der Waals surface area contributed by atoms with E-state index < -0.39 is 30.4 Å². The number of aromatic nitrogens is 4. The predicted octanol–water partition coefficient (Wildman–Crippen LogP) is 7.59. The minimum absolute atomic E-state index is 0.00965. The Hall–Kier alpha value is -2.60. The van der Waals surface area contributed by atoms with Gasteiger partial charge in [0.15, 0.2) is 5.65 Å². The summed E-state index contributed by atoms with van der Waals surface area (Å²) in [5, 5.41) is 4.14. The van der Waals surface area contributed by atoms with Crippen LogP contribution in [0.15, 0.2) is 43.0 Å². The molecule has 0 bridgehead atoms. The number of rotatable bonds is 4. The maximum atomic E-state index is 12.6. The molecule has 0 aliphatic heterocycles. The lowest BCUT2D eigenvalue weighted by atomic mass is 9.87. The maximum absolute atomic E-state index is 12.6. The van der Waals surface area contributed by atoms with Gasteiger partial charge in [0.1, 0.15) is 11.4 Å². The van der Waals surface area contributed by atoms with Crippen LogP contribution in [0, 0.1) is 0 Å². The van der Waals surface area contributed by atoms with Crippen molar-refractivity contribution in [3.05, 3.63) is 65.5 Å². The summed E-state index contributed by atoms with van der Waals surface area (Å²) in [6.07, 6.45) is -3.33. The van der Waals surface area contributed by atoms with Gasteiger partial charge in [-0.2, -0.15) is 18.3 Å². The molecule has 0 saturated carbocycles. The maximum Gasteiger partial charge on any atom is 0.433 e. The third-order valence-corrected chi connectivity index (χ3v) is 5.72. The molecule has 1 unspecified atom stereocenters. The molecule has 0 radical (unpaired) electrons. The first-order valence-electron chi connectivity index (χ1n) is 11.2. The Morgan fingerprint density at radius 2 is 1.84 bits per heavy atom. The van der Waals surface area contributed by atoms with Crippen molar-refractivity contribution in [3.63, 3.8) is 0 Å². The van der Waals surface area contributed by atoms with E-state index in [1.54, 1.807) is 6.20 Å². The lowest BCUT2D eigenvalue weighted by Gasteiger charge is -2.18.